The van der Waals surface area contributed by atoms with E-state index < -0.39 is 11.3 Å². The zero-order valence-electron chi connectivity index (χ0n) is 38.1. The first kappa shape index (κ1) is 43.0. The molecule has 12 rings (SSSR count). The zero-order valence-corrected chi connectivity index (χ0v) is 38.1. The van der Waals surface area contributed by atoms with Crippen molar-refractivity contribution in [3.05, 3.63) is 244 Å². The minimum atomic E-state index is -0.493. The van der Waals surface area contributed by atoms with Gasteiger partial charge in [0.05, 0.1) is 38.3 Å². The highest BCUT2D eigenvalue weighted by Crippen LogP contribution is 2.41. The van der Waals surface area contributed by atoms with E-state index in [2.05, 4.69) is 70.6 Å². The van der Waals surface area contributed by atoms with E-state index in [0.717, 1.165) is 72.5 Å². The van der Waals surface area contributed by atoms with Crippen molar-refractivity contribution in [1.82, 2.24) is 24.9 Å². The molecule has 7 heterocycles. The Kier molecular flexibility index (Phi) is 11.1. The van der Waals surface area contributed by atoms with Crippen molar-refractivity contribution in [2.75, 3.05) is 0 Å². The first-order chi connectivity index (χ1) is 34.9. The number of rotatable bonds is 11. The van der Waals surface area contributed by atoms with Crippen LogP contribution in [0.1, 0.15) is 22.3 Å². The number of aryl methyl sites for hydroxylation is 4. The van der Waals surface area contributed by atoms with E-state index >= 15 is 4.39 Å². The smallest absolute Gasteiger partial charge is 0.347 e. The maximum absolute atomic E-state index is 15.8. The Labute approximate surface area is 405 Å². The van der Waals surface area contributed by atoms with Crippen LogP contribution in [0.25, 0.3) is 99.8 Å². The van der Waals surface area contributed by atoms with E-state index in [9.17, 15) is 9.59 Å². The molecule has 0 fully saturated rings. The van der Waals surface area contributed by atoms with E-state index in [1.165, 1.54) is 6.07 Å². The topological polar surface area (TPSA) is 125 Å². The number of aromatic nitrogens is 5. The fraction of sp³-hybridized carbons (Fsp3) is 0.0656. The molecule has 0 saturated carbocycles. The molecule has 0 N–H and O–H groups in total. The van der Waals surface area contributed by atoms with Gasteiger partial charge in [-0.15, -0.1) is 0 Å². The molecule has 71 heavy (non-hydrogen) atoms. The first-order valence-corrected chi connectivity index (χ1v) is 23.4. The molecule has 0 radical (unpaired) electrons. The normalized spacial score (nSPS) is 11.5. The van der Waals surface area contributed by atoms with Crippen LogP contribution in [-0.4, -0.2) is 24.9 Å². The maximum atomic E-state index is 15.8. The first-order valence-electron chi connectivity index (χ1n) is 23.4. The highest BCUT2D eigenvalue weighted by atomic mass is 19.1. The predicted octanol–water partition coefficient (Wildman–Crippen LogP) is 13.2. The predicted molar refractivity (Wildman–Crippen MR) is 277 cm³/mol. The molecule has 7 aromatic heterocycles. The van der Waals surface area contributed by atoms with Crippen molar-refractivity contribution < 1.29 is 13.2 Å². The van der Waals surface area contributed by atoms with Gasteiger partial charge in [0.2, 0.25) is 11.4 Å². The number of hydrogen-bond acceptors (Lipinski definition) is 9. The summed E-state index contributed by atoms with van der Waals surface area (Å²) in [4.78, 5) is 49.2. The van der Waals surface area contributed by atoms with Gasteiger partial charge in [-0.05, 0) is 141 Å². The average Bonchev–Trinajstić information content (AvgIpc) is 3.42. The van der Waals surface area contributed by atoms with E-state index in [0.29, 0.717) is 63.8 Å². The summed E-state index contributed by atoms with van der Waals surface area (Å²) >= 11 is 0. The molecule has 5 aromatic carbocycles. The van der Waals surface area contributed by atoms with E-state index in [1.807, 2.05) is 85.1 Å². The van der Waals surface area contributed by atoms with Crippen LogP contribution >= 0.6 is 0 Å². The molecule has 0 atom stereocenters. The van der Waals surface area contributed by atoms with Crippen LogP contribution in [0.15, 0.2) is 213 Å². The fourth-order valence-corrected chi connectivity index (χ4v) is 9.54. The number of pyridine rings is 5. The Morgan fingerprint density at radius 3 is 1.48 bits per heavy atom. The molecule has 0 saturated heterocycles. The number of nitrogens with zero attached hydrogens (tertiary/aromatic N) is 5. The van der Waals surface area contributed by atoms with Crippen molar-refractivity contribution in [3.63, 3.8) is 0 Å². The number of hydrogen-bond donors (Lipinski definition) is 0. The van der Waals surface area contributed by atoms with Crippen LogP contribution in [0.3, 0.4) is 0 Å². The summed E-state index contributed by atoms with van der Waals surface area (Å²) in [6, 6.07) is 53.3. The lowest BCUT2D eigenvalue weighted by molar-refractivity contribution is 0.557. The largest absolute Gasteiger partial charge is 0.403 e. The van der Waals surface area contributed by atoms with Gasteiger partial charge >= 0.3 is 11.3 Å². The van der Waals surface area contributed by atoms with Crippen LogP contribution in [0, 0.1) is 5.82 Å². The van der Waals surface area contributed by atoms with Gasteiger partial charge < -0.3 is 8.83 Å². The quantitative estimate of drug-likeness (QED) is 0.117. The van der Waals surface area contributed by atoms with Gasteiger partial charge in [-0.3, -0.25) is 15.0 Å². The van der Waals surface area contributed by atoms with Gasteiger partial charge in [0, 0.05) is 42.1 Å². The minimum absolute atomic E-state index is 0.246. The zero-order chi connectivity index (χ0) is 47.8. The molecule has 0 unspecified atom stereocenters. The van der Waals surface area contributed by atoms with Gasteiger partial charge in [-0.25, -0.2) is 23.9 Å². The molecule has 0 aliphatic rings. The molecule has 340 valence electrons. The van der Waals surface area contributed by atoms with Gasteiger partial charge in [0.1, 0.15) is 5.82 Å². The van der Waals surface area contributed by atoms with E-state index in [-0.39, 0.29) is 17.2 Å². The highest BCUT2D eigenvalue weighted by molar-refractivity contribution is 6.01. The van der Waals surface area contributed by atoms with Crippen LogP contribution in [0.4, 0.5) is 4.39 Å². The van der Waals surface area contributed by atoms with Gasteiger partial charge in [0.25, 0.3) is 0 Å². The third kappa shape index (κ3) is 8.52. The van der Waals surface area contributed by atoms with Crippen molar-refractivity contribution >= 4 is 44.0 Å². The number of benzene rings is 5. The van der Waals surface area contributed by atoms with Crippen LogP contribution in [0.2, 0.25) is 0 Å². The van der Waals surface area contributed by atoms with Crippen LogP contribution < -0.4 is 11.3 Å². The second-order valence-electron chi connectivity index (χ2n) is 17.6. The van der Waals surface area contributed by atoms with Crippen LogP contribution in [0.5, 0.6) is 0 Å². The monoisotopic (exact) mass is 925 g/mol. The van der Waals surface area contributed by atoms with Gasteiger partial charge in [0.15, 0.2) is 0 Å². The SMILES string of the molecule is O=c1oc2ncccc2c2ncc(CCc3cc(CCc4cnc5c(c4)c(=O)oc4ncccc45)cc(-c4cc(F)ccc4-c4cnc(-c5ccccc5)cc4-c4ccc(-c5ccccc5)cc4)c3)cc12. The number of fused-ring (bicyclic) bond motifs is 6. The van der Waals surface area contributed by atoms with Crippen molar-refractivity contribution in [2.45, 2.75) is 25.7 Å². The molecule has 0 bridgehead atoms. The second kappa shape index (κ2) is 18.3. The summed E-state index contributed by atoms with van der Waals surface area (Å²) in [5, 5.41) is 2.12. The Morgan fingerprint density at radius 1 is 0.366 bits per heavy atom. The molecule has 9 nitrogen and oxygen atoms in total. The Morgan fingerprint density at radius 2 is 0.887 bits per heavy atom. The Balaban J connectivity index is 0.954. The molecular weight excluding hydrogens is 886 g/mol. The lowest BCUT2D eigenvalue weighted by Crippen LogP contribution is -2.04. The molecule has 0 spiro atoms. The Bertz CT molecular complexity index is 3970. The standard InChI is InChI=1S/C61H40FN5O4/c62-46-23-24-47(54-36-65-55(44-11-5-2-6-12-44)33-51(54)43-21-19-42(20-22-43)41-9-3-1-4-10-41)50(32-46)45-28-37(15-17-39-30-52-56(66-34-39)48-13-7-25-63-58(48)70-60(52)68)27-38(29-45)16-18-40-31-53-57(67-35-40)49-14-8-26-64-59(49)71-61(53)69/h1-14,19-36H,15-18H2. The molecule has 0 aliphatic carbocycles. The second-order valence-corrected chi connectivity index (χ2v) is 17.6. The third-order valence-corrected chi connectivity index (χ3v) is 13.1. The summed E-state index contributed by atoms with van der Waals surface area (Å²) in [5.41, 5.74) is 13.5. The summed E-state index contributed by atoms with van der Waals surface area (Å²) in [6.07, 6.45) is 11.0. The van der Waals surface area contributed by atoms with E-state index in [4.69, 9.17) is 23.8 Å². The van der Waals surface area contributed by atoms with Gasteiger partial charge in [-0.1, -0.05) is 109 Å². The average molecular weight is 926 g/mol. The molecule has 0 aliphatic heterocycles. The lowest BCUT2D eigenvalue weighted by Gasteiger charge is -2.18. The summed E-state index contributed by atoms with van der Waals surface area (Å²) in [6.45, 7) is 0. The van der Waals surface area contributed by atoms with Gasteiger partial charge in [-0.2, -0.15) is 0 Å². The molecule has 12 aromatic rings. The van der Waals surface area contributed by atoms with E-state index in [1.54, 1.807) is 43.0 Å². The van der Waals surface area contributed by atoms with Crippen LogP contribution in [-0.2, 0) is 25.7 Å². The fourth-order valence-electron chi connectivity index (χ4n) is 9.54. The third-order valence-electron chi connectivity index (χ3n) is 13.1. The minimum Gasteiger partial charge on any atom is -0.403 e. The Hall–Kier alpha value is -9.28. The van der Waals surface area contributed by atoms with Crippen molar-refractivity contribution in [3.8, 4) is 55.8 Å². The molecule has 0 amide bonds. The van der Waals surface area contributed by atoms with Crippen molar-refractivity contribution in [2.24, 2.45) is 0 Å². The molecular formula is C61H40FN5O4. The van der Waals surface area contributed by atoms with Crippen molar-refractivity contribution in [1.29, 1.82) is 0 Å². The lowest BCUT2D eigenvalue weighted by atomic mass is 9.87. The summed E-state index contributed by atoms with van der Waals surface area (Å²) in [5.74, 6) is -0.370. The number of halogens is 1. The summed E-state index contributed by atoms with van der Waals surface area (Å²) in [7, 11) is 0. The maximum Gasteiger partial charge on any atom is 0.347 e. The summed E-state index contributed by atoms with van der Waals surface area (Å²) < 4.78 is 26.9. The molecule has 10 heteroatoms. The highest BCUT2D eigenvalue weighted by Gasteiger charge is 2.19.